The normalized spacial score (nSPS) is 12.6. The summed E-state index contributed by atoms with van der Waals surface area (Å²) >= 11 is 12.6. The van der Waals surface area contributed by atoms with Gasteiger partial charge in [-0.3, -0.25) is 9.98 Å². The molecule has 142 valence electrons. The second kappa shape index (κ2) is 7.29. The van der Waals surface area contributed by atoms with Crippen molar-refractivity contribution in [2.24, 2.45) is 4.99 Å². The highest BCUT2D eigenvalue weighted by atomic mass is 35.5. The molecule has 0 saturated heterocycles. The lowest BCUT2D eigenvalue weighted by Crippen LogP contribution is -2.13. The second-order valence-electron chi connectivity index (χ2n) is 5.74. The van der Waals surface area contributed by atoms with Gasteiger partial charge in [-0.2, -0.15) is 0 Å². The number of pyridine rings is 1. The summed E-state index contributed by atoms with van der Waals surface area (Å²) in [5, 5.41) is 4.67. The number of nitrogens with zero attached hydrogens (tertiary/aromatic N) is 5. The molecular weight excluding hydrogens is 408 g/mol. The first-order chi connectivity index (χ1) is 13.5. The number of esters is 1. The SMILES string of the molecule is CCOC(=O)c1nc2n(n1)-c1ccc(Cl)c(Cl)c1C(c1ncccc1F)=NC2. The highest BCUT2D eigenvalue weighted by Gasteiger charge is 2.28. The van der Waals surface area contributed by atoms with Crippen LogP contribution in [-0.4, -0.2) is 38.0 Å². The van der Waals surface area contributed by atoms with Gasteiger partial charge >= 0.3 is 5.97 Å². The van der Waals surface area contributed by atoms with Gasteiger partial charge in [0.15, 0.2) is 11.6 Å². The Morgan fingerprint density at radius 1 is 1.32 bits per heavy atom. The predicted octanol–water partition coefficient (Wildman–Crippen LogP) is 3.64. The van der Waals surface area contributed by atoms with Crippen molar-refractivity contribution in [2.45, 2.75) is 13.5 Å². The number of rotatable bonds is 3. The van der Waals surface area contributed by atoms with Crippen LogP contribution in [0.3, 0.4) is 0 Å². The molecule has 7 nitrogen and oxygen atoms in total. The van der Waals surface area contributed by atoms with Crippen molar-refractivity contribution in [3.63, 3.8) is 0 Å². The number of fused-ring (bicyclic) bond motifs is 3. The van der Waals surface area contributed by atoms with Crippen molar-refractivity contribution in [1.29, 1.82) is 0 Å². The zero-order chi connectivity index (χ0) is 19.8. The van der Waals surface area contributed by atoms with Gasteiger partial charge in [0.1, 0.15) is 5.69 Å². The summed E-state index contributed by atoms with van der Waals surface area (Å²) in [7, 11) is 0. The average molecular weight is 420 g/mol. The fraction of sp³-hybridized carbons (Fsp3) is 0.167. The van der Waals surface area contributed by atoms with E-state index in [9.17, 15) is 9.18 Å². The van der Waals surface area contributed by atoms with Crippen molar-refractivity contribution < 1.29 is 13.9 Å². The van der Waals surface area contributed by atoms with Crippen LogP contribution in [0.15, 0.2) is 35.5 Å². The van der Waals surface area contributed by atoms with Crippen LogP contribution >= 0.6 is 23.2 Å². The highest BCUT2D eigenvalue weighted by Crippen LogP contribution is 2.34. The second-order valence-corrected chi connectivity index (χ2v) is 6.52. The summed E-state index contributed by atoms with van der Waals surface area (Å²) in [5.74, 6) is -0.932. The number of hydrogen-bond acceptors (Lipinski definition) is 6. The van der Waals surface area contributed by atoms with Crippen molar-refractivity contribution >= 4 is 34.9 Å². The summed E-state index contributed by atoms with van der Waals surface area (Å²) in [4.78, 5) is 24.8. The van der Waals surface area contributed by atoms with Gasteiger partial charge in [0, 0.05) is 11.8 Å². The van der Waals surface area contributed by atoms with Crippen LogP contribution in [0.25, 0.3) is 5.69 Å². The summed E-state index contributed by atoms with van der Waals surface area (Å²) in [6.45, 7) is 1.91. The minimum absolute atomic E-state index is 0.0282. The third-order valence-corrected chi connectivity index (χ3v) is 4.84. The zero-order valence-corrected chi connectivity index (χ0v) is 16.0. The fourth-order valence-electron chi connectivity index (χ4n) is 2.85. The molecule has 0 unspecified atom stereocenters. The molecule has 0 aliphatic carbocycles. The number of benzene rings is 1. The molecule has 1 aliphatic heterocycles. The van der Waals surface area contributed by atoms with E-state index in [1.54, 1.807) is 19.1 Å². The minimum Gasteiger partial charge on any atom is -0.460 e. The maximum atomic E-state index is 14.4. The van der Waals surface area contributed by atoms with Crippen molar-refractivity contribution in [1.82, 2.24) is 19.7 Å². The van der Waals surface area contributed by atoms with E-state index in [-0.39, 0.29) is 40.4 Å². The molecule has 2 aromatic heterocycles. The van der Waals surface area contributed by atoms with Crippen LogP contribution in [0, 0.1) is 5.82 Å². The van der Waals surface area contributed by atoms with Crippen LogP contribution in [0.1, 0.15) is 34.6 Å². The van der Waals surface area contributed by atoms with Gasteiger partial charge in [0.2, 0.25) is 0 Å². The first kappa shape index (κ1) is 18.5. The molecule has 3 aromatic rings. The van der Waals surface area contributed by atoms with Gasteiger partial charge in [-0.1, -0.05) is 23.2 Å². The summed E-state index contributed by atoms with van der Waals surface area (Å²) in [6.07, 6.45) is 1.46. The zero-order valence-electron chi connectivity index (χ0n) is 14.5. The van der Waals surface area contributed by atoms with Crippen molar-refractivity contribution in [2.75, 3.05) is 6.61 Å². The monoisotopic (exact) mass is 419 g/mol. The molecule has 0 spiro atoms. The number of carbonyl (C=O) groups is 1. The molecule has 10 heteroatoms. The molecule has 0 radical (unpaired) electrons. The van der Waals surface area contributed by atoms with E-state index in [1.807, 2.05) is 0 Å². The van der Waals surface area contributed by atoms with E-state index >= 15 is 0 Å². The Labute approximate surface area is 168 Å². The third-order valence-electron chi connectivity index (χ3n) is 4.03. The molecule has 0 bridgehead atoms. The molecule has 0 amide bonds. The molecule has 4 rings (SSSR count). The molecule has 3 heterocycles. The van der Waals surface area contributed by atoms with E-state index in [2.05, 4.69) is 20.1 Å². The topological polar surface area (TPSA) is 82.3 Å². The first-order valence-corrected chi connectivity index (χ1v) is 9.04. The fourth-order valence-corrected chi connectivity index (χ4v) is 3.25. The Balaban J connectivity index is 1.95. The smallest absolute Gasteiger partial charge is 0.378 e. The van der Waals surface area contributed by atoms with Gasteiger partial charge in [-0.15, -0.1) is 5.10 Å². The Bertz CT molecular complexity index is 1130. The highest BCUT2D eigenvalue weighted by molar-refractivity contribution is 6.45. The number of hydrogen-bond donors (Lipinski definition) is 0. The largest absolute Gasteiger partial charge is 0.460 e. The Kier molecular flexibility index (Phi) is 4.82. The maximum Gasteiger partial charge on any atom is 0.378 e. The summed E-state index contributed by atoms with van der Waals surface area (Å²) < 4.78 is 20.8. The quantitative estimate of drug-likeness (QED) is 0.605. The standard InChI is InChI=1S/C18H12Cl2FN5O2/c1-2-28-18(27)17-24-12-8-23-16(15-10(21)4-3-7-22-15)13-11(26(12)25-17)6-5-9(19)14(13)20/h3-7H,2,8H2,1H3. The molecule has 1 aromatic carbocycles. The molecule has 0 N–H and O–H groups in total. The molecule has 28 heavy (non-hydrogen) atoms. The van der Waals surface area contributed by atoms with Crippen molar-refractivity contribution in [3.05, 3.63) is 69.2 Å². The molecule has 0 atom stereocenters. The molecular formula is C18H12Cl2FN5O2. The van der Waals surface area contributed by atoms with Gasteiger partial charge in [0.25, 0.3) is 5.82 Å². The van der Waals surface area contributed by atoms with Crippen LogP contribution in [-0.2, 0) is 11.3 Å². The van der Waals surface area contributed by atoms with Gasteiger partial charge in [0.05, 0.1) is 34.6 Å². The van der Waals surface area contributed by atoms with E-state index < -0.39 is 11.8 Å². The Hall–Kier alpha value is -2.84. The number of aliphatic imine (C=N–C) groups is 1. The van der Waals surface area contributed by atoms with E-state index in [4.69, 9.17) is 27.9 Å². The number of carbonyl (C=O) groups excluding carboxylic acids is 1. The number of halogens is 3. The first-order valence-electron chi connectivity index (χ1n) is 8.28. The van der Waals surface area contributed by atoms with Crippen LogP contribution < -0.4 is 0 Å². The van der Waals surface area contributed by atoms with E-state index in [1.165, 1.54) is 23.0 Å². The molecule has 1 aliphatic rings. The molecule has 0 fully saturated rings. The minimum atomic E-state index is -0.648. The Morgan fingerprint density at radius 3 is 2.89 bits per heavy atom. The lowest BCUT2D eigenvalue weighted by molar-refractivity contribution is 0.0512. The van der Waals surface area contributed by atoms with Gasteiger partial charge < -0.3 is 4.74 Å². The van der Waals surface area contributed by atoms with Crippen LogP contribution in [0.2, 0.25) is 10.0 Å². The van der Waals surface area contributed by atoms with E-state index in [0.717, 1.165) is 0 Å². The summed E-state index contributed by atoms with van der Waals surface area (Å²) in [5.41, 5.74) is 1.06. The van der Waals surface area contributed by atoms with E-state index in [0.29, 0.717) is 17.1 Å². The average Bonchev–Trinajstić information content (AvgIpc) is 3.04. The predicted molar refractivity (Wildman–Crippen MR) is 101 cm³/mol. The lowest BCUT2D eigenvalue weighted by Gasteiger charge is -2.13. The van der Waals surface area contributed by atoms with Crippen LogP contribution in [0.5, 0.6) is 0 Å². The third kappa shape index (κ3) is 3.04. The van der Waals surface area contributed by atoms with Crippen molar-refractivity contribution in [3.8, 4) is 5.69 Å². The molecule has 0 saturated carbocycles. The number of ether oxygens (including phenoxy) is 1. The maximum absolute atomic E-state index is 14.4. The summed E-state index contributed by atoms with van der Waals surface area (Å²) in [6, 6.07) is 5.99. The van der Waals surface area contributed by atoms with Gasteiger partial charge in [-0.05, 0) is 31.2 Å². The Morgan fingerprint density at radius 2 is 2.14 bits per heavy atom. The van der Waals surface area contributed by atoms with Gasteiger partial charge in [-0.25, -0.2) is 18.9 Å². The number of aromatic nitrogens is 4. The lowest BCUT2D eigenvalue weighted by atomic mass is 10.0. The van der Waals surface area contributed by atoms with Crippen LogP contribution in [0.4, 0.5) is 4.39 Å².